The third-order valence-corrected chi connectivity index (χ3v) is 13.3. The van der Waals surface area contributed by atoms with Gasteiger partial charge in [-0.05, 0) is 82.2 Å². The number of benzene rings is 9. The van der Waals surface area contributed by atoms with Crippen molar-refractivity contribution in [1.82, 2.24) is 24.1 Å². The van der Waals surface area contributed by atoms with Gasteiger partial charge in [0.2, 0.25) is 5.95 Å². The van der Waals surface area contributed by atoms with Gasteiger partial charge >= 0.3 is 0 Å². The summed E-state index contributed by atoms with van der Waals surface area (Å²) in [4.78, 5) is 17.8. The fraction of sp³-hybridized carbons (Fsp3) is 0. The first-order valence-electron chi connectivity index (χ1n) is 20.5. The molecule has 0 aliphatic carbocycles. The van der Waals surface area contributed by atoms with Crippen LogP contribution in [0.1, 0.15) is 0 Å². The first-order valence-corrected chi connectivity index (χ1v) is 21.3. The van der Waals surface area contributed by atoms with Crippen LogP contribution in [0.15, 0.2) is 210 Å². The molecule has 4 heterocycles. The molecule has 0 saturated carbocycles. The van der Waals surface area contributed by atoms with Gasteiger partial charge in [0.1, 0.15) is 0 Å². The third-order valence-electron chi connectivity index (χ3n) is 12.2. The van der Waals surface area contributed by atoms with Crippen LogP contribution in [0.25, 0.3) is 111 Å². The van der Waals surface area contributed by atoms with Gasteiger partial charge in [0.25, 0.3) is 0 Å². The molecule has 0 bridgehead atoms. The molecule has 6 heteroatoms. The van der Waals surface area contributed by atoms with Crippen LogP contribution in [0.3, 0.4) is 0 Å². The lowest BCUT2D eigenvalue weighted by Crippen LogP contribution is -2.06. The number of hydrogen-bond acceptors (Lipinski definition) is 4. The van der Waals surface area contributed by atoms with Crippen LogP contribution in [0.4, 0.5) is 0 Å². The minimum Gasteiger partial charge on any atom is -0.309 e. The quantitative estimate of drug-likeness (QED) is 0.174. The van der Waals surface area contributed by atoms with Gasteiger partial charge in [0.05, 0.1) is 22.1 Å². The highest BCUT2D eigenvalue weighted by Gasteiger charge is 2.25. The first-order chi connectivity index (χ1) is 30.2. The lowest BCUT2D eigenvalue weighted by molar-refractivity contribution is 0.953. The Kier molecular flexibility index (Phi) is 7.47. The molecule has 0 amide bonds. The zero-order chi connectivity index (χ0) is 40.0. The van der Waals surface area contributed by atoms with Crippen molar-refractivity contribution in [2.75, 3.05) is 0 Å². The molecule has 284 valence electrons. The van der Waals surface area contributed by atoms with E-state index < -0.39 is 0 Å². The second-order valence-electron chi connectivity index (χ2n) is 15.6. The summed E-state index contributed by atoms with van der Waals surface area (Å²) >= 11 is 1.88. The molecule has 13 rings (SSSR count). The molecule has 3 aromatic heterocycles. The molecule has 0 N–H and O–H groups in total. The van der Waals surface area contributed by atoms with Gasteiger partial charge in [-0.3, -0.25) is 4.57 Å². The van der Waals surface area contributed by atoms with Crippen LogP contribution in [0.5, 0.6) is 0 Å². The SMILES string of the molecule is c1ccc(-c2nc(-c3ccccc3)nc(-n3c4ccccc4c4cc(-c5ccc6c(c5)-c5cccc7c5c(cc5c7c7ccccc7n5-c5ccccc5)S6)ccc43)n2)cc1. The summed E-state index contributed by atoms with van der Waals surface area (Å²) in [5, 5.41) is 7.47. The van der Waals surface area contributed by atoms with Crippen LogP contribution in [0.2, 0.25) is 0 Å². The second kappa shape index (κ2) is 13.4. The number of para-hydroxylation sites is 3. The summed E-state index contributed by atoms with van der Waals surface area (Å²) < 4.78 is 4.61. The maximum Gasteiger partial charge on any atom is 0.238 e. The van der Waals surface area contributed by atoms with E-state index in [1.54, 1.807) is 0 Å². The molecule has 12 aromatic rings. The molecular weight excluding hydrogens is 763 g/mol. The van der Waals surface area contributed by atoms with Gasteiger partial charge in [-0.25, -0.2) is 4.98 Å². The fourth-order valence-electron chi connectivity index (χ4n) is 9.45. The van der Waals surface area contributed by atoms with Crippen molar-refractivity contribution < 1.29 is 0 Å². The molecule has 0 spiro atoms. The fourth-order valence-corrected chi connectivity index (χ4v) is 10.6. The predicted molar refractivity (Wildman–Crippen MR) is 252 cm³/mol. The van der Waals surface area contributed by atoms with E-state index in [1.165, 1.54) is 64.7 Å². The smallest absolute Gasteiger partial charge is 0.238 e. The van der Waals surface area contributed by atoms with E-state index >= 15 is 0 Å². The maximum atomic E-state index is 5.13. The standard InChI is InChI=1S/C55H33N5S/c1-4-15-34(16-5-1)53-56-54(35-17-6-2-7-18-35)58-55(57-53)60-45-25-12-10-21-39(45)43-31-36(27-29-47(43)60)37-28-30-49-44(32-37)40-23-14-24-42-51-41-22-11-13-26-46(41)59(38-19-8-3-9-20-38)48(51)33-50(61-49)52(40)42/h1-33H. The Bertz CT molecular complexity index is 3660. The van der Waals surface area contributed by atoms with E-state index in [1.807, 2.05) is 72.4 Å². The van der Waals surface area contributed by atoms with E-state index in [9.17, 15) is 0 Å². The Hall–Kier alpha value is -7.80. The number of nitrogens with zero attached hydrogens (tertiary/aromatic N) is 5. The van der Waals surface area contributed by atoms with E-state index in [4.69, 9.17) is 15.0 Å². The van der Waals surface area contributed by atoms with Gasteiger partial charge in [0.15, 0.2) is 11.6 Å². The Labute approximate surface area is 355 Å². The molecule has 1 aliphatic heterocycles. The molecule has 5 nitrogen and oxygen atoms in total. The minimum absolute atomic E-state index is 0.588. The largest absolute Gasteiger partial charge is 0.309 e. The molecule has 0 atom stereocenters. The Balaban J connectivity index is 0.975. The monoisotopic (exact) mass is 795 g/mol. The minimum atomic E-state index is 0.588. The Morgan fingerprint density at radius 2 is 0.918 bits per heavy atom. The average Bonchev–Trinajstić information content (AvgIpc) is 3.85. The predicted octanol–water partition coefficient (Wildman–Crippen LogP) is 14.4. The number of rotatable bonds is 5. The summed E-state index contributed by atoms with van der Waals surface area (Å²) in [5.41, 5.74) is 12.5. The summed E-state index contributed by atoms with van der Waals surface area (Å²) in [6, 6.07) is 71.4. The molecule has 0 fully saturated rings. The number of fused-ring (bicyclic) bond motifs is 9. The second-order valence-corrected chi connectivity index (χ2v) is 16.7. The molecule has 0 unspecified atom stereocenters. The highest BCUT2D eigenvalue weighted by molar-refractivity contribution is 7.99. The van der Waals surface area contributed by atoms with Crippen LogP contribution in [0, 0.1) is 0 Å². The van der Waals surface area contributed by atoms with Crippen molar-refractivity contribution in [3.63, 3.8) is 0 Å². The average molecular weight is 796 g/mol. The van der Waals surface area contributed by atoms with Crippen molar-refractivity contribution >= 4 is 66.1 Å². The molecule has 0 radical (unpaired) electrons. The lowest BCUT2D eigenvalue weighted by Gasteiger charge is -2.22. The van der Waals surface area contributed by atoms with Gasteiger partial charge in [-0.2, -0.15) is 9.97 Å². The molecule has 1 aliphatic rings. The van der Waals surface area contributed by atoms with E-state index in [0.717, 1.165) is 38.5 Å². The zero-order valence-electron chi connectivity index (χ0n) is 32.7. The highest BCUT2D eigenvalue weighted by Crippen LogP contribution is 2.52. The van der Waals surface area contributed by atoms with Crippen molar-refractivity contribution in [3.05, 3.63) is 200 Å². The van der Waals surface area contributed by atoms with Gasteiger partial charge in [-0.15, -0.1) is 0 Å². The summed E-state index contributed by atoms with van der Waals surface area (Å²) in [5.74, 6) is 1.86. The normalized spacial score (nSPS) is 12.2. The third kappa shape index (κ3) is 5.26. The van der Waals surface area contributed by atoms with Gasteiger partial charge in [-0.1, -0.05) is 157 Å². The maximum absolute atomic E-state index is 5.13. The van der Waals surface area contributed by atoms with Gasteiger partial charge < -0.3 is 4.57 Å². The molecule has 9 aromatic carbocycles. The van der Waals surface area contributed by atoms with Crippen molar-refractivity contribution in [2.24, 2.45) is 0 Å². The van der Waals surface area contributed by atoms with Crippen molar-refractivity contribution in [3.8, 4) is 56.7 Å². The summed E-state index contributed by atoms with van der Waals surface area (Å²) in [7, 11) is 0. The summed E-state index contributed by atoms with van der Waals surface area (Å²) in [6.45, 7) is 0. The Morgan fingerprint density at radius 3 is 1.66 bits per heavy atom. The van der Waals surface area contributed by atoms with Crippen LogP contribution in [-0.4, -0.2) is 24.1 Å². The lowest BCUT2D eigenvalue weighted by atomic mass is 9.92. The topological polar surface area (TPSA) is 48.5 Å². The Morgan fingerprint density at radius 1 is 0.328 bits per heavy atom. The number of aromatic nitrogens is 5. The van der Waals surface area contributed by atoms with Crippen LogP contribution in [-0.2, 0) is 0 Å². The van der Waals surface area contributed by atoms with Crippen molar-refractivity contribution in [1.29, 1.82) is 0 Å². The summed E-state index contributed by atoms with van der Waals surface area (Å²) in [6.07, 6.45) is 0. The van der Waals surface area contributed by atoms with Crippen LogP contribution >= 0.6 is 11.8 Å². The molecule has 61 heavy (non-hydrogen) atoms. The van der Waals surface area contributed by atoms with E-state index in [0.29, 0.717) is 17.6 Å². The molecule has 0 saturated heterocycles. The van der Waals surface area contributed by atoms with Crippen LogP contribution < -0.4 is 0 Å². The first kappa shape index (κ1) is 34.1. The highest BCUT2D eigenvalue weighted by atomic mass is 32.2. The van der Waals surface area contributed by atoms with Crippen molar-refractivity contribution in [2.45, 2.75) is 9.79 Å². The zero-order valence-corrected chi connectivity index (χ0v) is 33.5. The van der Waals surface area contributed by atoms with E-state index in [-0.39, 0.29) is 0 Å². The number of hydrogen-bond donors (Lipinski definition) is 0. The van der Waals surface area contributed by atoms with E-state index in [2.05, 4.69) is 149 Å². The molecular formula is C55H33N5S. The van der Waals surface area contributed by atoms with Gasteiger partial charge in [0, 0.05) is 53.5 Å².